The summed E-state index contributed by atoms with van der Waals surface area (Å²) in [6, 6.07) is 7.63. The molecule has 1 atom stereocenters. The van der Waals surface area contributed by atoms with Crippen molar-refractivity contribution in [3.8, 4) is 0 Å². The monoisotopic (exact) mass is 289 g/mol. The number of fused-ring (bicyclic) bond motifs is 1. The smallest absolute Gasteiger partial charge is 0.311 e. The molecular formula is C15H15NO3S. The second kappa shape index (κ2) is 4.59. The normalized spacial score (nSPS) is 22.4. The standard InChI is InChI=1S/C15H15NO3S/c1-15(14(18)19)5-6-16(9-15)13(17)11-2-3-12-10(8-11)4-7-20-12/h2-4,7-8H,5-6,9H2,1H3,(H,18,19). The fraction of sp³-hybridized carbons (Fsp3) is 0.333. The highest BCUT2D eigenvalue weighted by Gasteiger charge is 2.42. The highest BCUT2D eigenvalue weighted by Crippen LogP contribution is 2.31. The van der Waals surface area contributed by atoms with Crippen LogP contribution in [0.3, 0.4) is 0 Å². The number of hydrogen-bond acceptors (Lipinski definition) is 3. The van der Waals surface area contributed by atoms with E-state index in [0.29, 0.717) is 18.5 Å². The van der Waals surface area contributed by atoms with Gasteiger partial charge in [0.05, 0.1) is 5.41 Å². The van der Waals surface area contributed by atoms with Crippen molar-refractivity contribution < 1.29 is 14.7 Å². The number of benzene rings is 1. The van der Waals surface area contributed by atoms with Crippen LogP contribution >= 0.6 is 11.3 Å². The third-order valence-electron chi connectivity index (χ3n) is 3.98. The molecule has 2 heterocycles. The quantitative estimate of drug-likeness (QED) is 0.925. The van der Waals surface area contributed by atoms with Gasteiger partial charge in [0.1, 0.15) is 0 Å². The van der Waals surface area contributed by atoms with Gasteiger partial charge in [-0.25, -0.2) is 0 Å². The number of thiophene rings is 1. The molecule has 0 saturated carbocycles. The Morgan fingerprint density at radius 1 is 1.35 bits per heavy atom. The molecule has 0 spiro atoms. The lowest BCUT2D eigenvalue weighted by Crippen LogP contribution is -2.34. The Hall–Kier alpha value is -1.88. The Labute approximate surface area is 120 Å². The van der Waals surface area contributed by atoms with Crippen molar-refractivity contribution in [2.75, 3.05) is 13.1 Å². The van der Waals surface area contributed by atoms with Crippen molar-refractivity contribution in [1.29, 1.82) is 0 Å². The van der Waals surface area contributed by atoms with Gasteiger partial charge in [-0.1, -0.05) is 0 Å². The van der Waals surface area contributed by atoms with Crippen LogP contribution in [0.15, 0.2) is 29.6 Å². The van der Waals surface area contributed by atoms with Crippen LogP contribution in [-0.2, 0) is 4.79 Å². The Kier molecular flexibility index (Phi) is 3.01. The van der Waals surface area contributed by atoms with Crippen LogP contribution in [0.4, 0.5) is 0 Å². The van der Waals surface area contributed by atoms with Crippen molar-refractivity contribution in [2.24, 2.45) is 5.41 Å². The van der Waals surface area contributed by atoms with E-state index in [9.17, 15) is 14.7 Å². The van der Waals surface area contributed by atoms with E-state index in [2.05, 4.69) is 0 Å². The number of carboxylic acid groups (broad SMARTS) is 1. The van der Waals surface area contributed by atoms with Crippen LogP contribution in [0, 0.1) is 5.41 Å². The van der Waals surface area contributed by atoms with E-state index in [0.717, 1.165) is 10.1 Å². The number of rotatable bonds is 2. The molecule has 1 aliphatic heterocycles. The van der Waals surface area contributed by atoms with E-state index in [4.69, 9.17) is 0 Å². The minimum Gasteiger partial charge on any atom is -0.481 e. The van der Waals surface area contributed by atoms with E-state index < -0.39 is 11.4 Å². The van der Waals surface area contributed by atoms with Crippen LogP contribution in [0.5, 0.6) is 0 Å². The minimum atomic E-state index is -0.832. The molecule has 5 heteroatoms. The number of amides is 1. The maximum absolute atomic E-state index is 12.5. The van der Waals surface area contributed by atoms with Crippen molar-refractivity contribution >= 4 is 33.3 Å². The van der Waals surface area contributed by atoms with Crippen molar-refractivity contribution in [3.05, 3.63) is 35.2 Å². The highest BCUT2D eigenvalue weighted by atomic mass is 32.1. The molecule has 104 valence electrons. The zero-order valence-corrected chi connectivity index (χ0v) is 11.9. The first-order chi connectivity index (χ1) is 9.49. The molecule has 1 aliphatic rings. The summed E-state index contributed by atoms with van der Waals surface area (Å²) in [5, 5.41) is 12.3. The lowest BCUT2D eigenvalue weighted by atomic mass is 9.90. The molecule has 3 rings (SSSR count). The van der Waals surface area contributed by atoms with E-state index in [1.807, 2.05) is 29.6 Å². The topological polar surface area (TPSA) is 57.6 Å². The molecule has 1 N–H and O–H groups in total. The maximum Gasteiger partial charge on any atom is 0.311 e. The van der Waals surface area contributed by atoms with Gasteiger partial charge < -0.3 is 10.0 Å². The van der Waals surface area contributed by atoms with E-state index in [1.165, 1.54) is 0 Å². The minimum absolute atomic E-state index is 0.0805. The van der Waals surface area contributed by atoms with Crippen LogP contribution < -0.4 is 0 Å². The fourth-order valence-corrected chi connectivity index (χ4v) is 3.36. The first kappa shape index (κ1) is 13.1. The number of nitrogens with zero attached hydrogens (tertiary/aromatic N) is 1. The van der Waals surface area contributed by atoms with Gasteiger partial charge in [-0.05, 0) is 48.4 Å². The number of carbonyl (C=O) groups excluding carboxylic acids is 1. The number of likely N-dealkylation sites (tertiary alicyclic amines) is 1. The van der Waals surface area contributed by atoms with Gasteiger partial charge >= 0.3 is 5.97 Å². The Balaban J connectivity index is 1.84. The van der Waals surface area contributed by atoms with Gasteiger partial charge in [0.15, 0.2) is 0 Å². The predicted molar refractivity (Wildman–Crippen MR) is 78.1 cm³/mol. The molecule has 1 aromatic heterocycles. The maximum atomic E-state index is 12.5. The SMILES string of the molecule is CC1(C(=O)O)CCN(C(=O)c2ccc3sccc3c2)C1. The van der Waals surface area contributed by atoms with Crippen molar-refractivity contribution in [3.63, 3.8) is 0 Å². The Morgan fingerprint density at radius 2 is 2.15 bits per heavy atom. The average molecular weight is 289 g/mol. The molecule has 0 bridgehead atoms. The first-order valence-electron chi connectivity index (χ1n) is 6.49. The van der Waals surface area contributed by atoms with Crippen LogP contribution in [0.1, 0.15) is 23.7 Å². The van der Waals surface area contributed by atoms with Crippen LogP contribution in [0.2, 0.25) is 0 Å². The van der Waals surface area contributed by atoms with Gasteiger partial charge in [-0.3, -0.25) is 9.59 Å². The molecule has 1 aromatic carbocycles. The fourth-order valence-electron chi connectivity index (χ4n) is 2.59. The third kappa shape index (κ3) is 2.08. The predicted octanol–water partition coefficient (Wildman–Crippen LogP) is 2.84. The Bertz CT molecular complexity index is 693. The number of aliphatic carboxylic acids is 1. The second-order valence-electron chi connectivity index (χ2n) is 5.52. The number of carbonyl (C=O) groups is 2. The molecule has 2 aromatic rings. The van der Waals surface area contributed by atoms with Gasteiger partial charge in [-0.2, -0.15) is 0 Å². The molecule has 1 amide bonds. The van der Waals surface area contributed by atoms with Crippen LogP contribution in [-0.4, -0.2) is 35.0 Å². The van der Waals surface area contributed by atoms with Gasteiger partial charge in [0.25, 0.3) is 5.91 Å². The number of hydrogen-bond donors (Lipinski definition) is 1. The highest BCUT2D eigenvalue weighted by molar-refractivity contribution is 7.17. The lowest BCUT2D eigenvalue weighted by molar-refractivity contribution is -0.147. The third-order valence-corrected chi connectivity index (χ3v) is 4.87. The molecule has 0 aliphatic carbocycles. The molecule has 4 nitrogen and oxygen atoms in total. The van der Waals surface area contributed by atoms with Crippen molar-refractivity contribution in [2.45, 2.75) is 13.3 Å². The second-order valence-corrected chi connectivity index (χ2v) is 6.46. The summed E-state index contributed by atoms with van der Waals surface area (Å²) in [6.45, 7) is 2.48. The zero-order valence-electron chi connectivity index (χ0n) is 11.1. The first-order valence-corrected chi connectivity index (χ1v) is 7.37. The lowest BCUT2D eigenvalue weighted by Gasteiger charge is -2.20. The molecular weight excluding hydrogens is 274 g/mol. The molecule has 1 fully saturated rings. The van der Waals surface area contributed by atoms with E-state index >= 15 is 0 Å². The summed E-state index contributed by atoms with van der Waals surface area (Å²) >= 11 is 1.64. The Morgan fingerprint density at radius 3 is 2.85 bits per heavy atom. The summed E-state index contributed by atoms with van der Waals surface area (Å²) in [4.78, 5) is 25.3. The van der Waals surface area contributed by atoms with E-state index in [-0.39, 0.29) is 12.5 Å². The van der Waals surface area contributed by atoms with Crippen molar-refractivity contribution in [1.82, 2.24) is 4.90 Å². The molecule has 0 radical (unpaired) electrons. The van der Waals surface area contributed by atoms with Crippen LogP contribution in [0.25, 0.3) is 10.1 Å². The molecule has 20 heavy (non-hydrogen) atoms. The van der Waals surface area contributed by atoms with E-state index in [1.54, 1.807) is 23.2 Å². The largest absolute Gasteiger partial charge is 0.481 e. The average Bonchev–Trinajstić information content (AvgIpc) is 3.04. The molecule has 1 unspecified atom stereocenters. The van der Waals surface area contributed by atoms with Gasteiger partial charge in [-0.15, -0.1) is 11.3 Å². The summed E-state index contributed by atoms with van der Waals surface area (Å²) < 4.78 is 1.15. The zero-order chi connectivity index (χ0) is 14.3. The summed E-state index contributed by atoms with van der Waals surface area (Å²) in [6.07, 6.45) is 0.509. The number of carboxylic acids is 1. The van der Waals surface area contributed by atoms with Gasteiger partial charge in [0, 0.05) is 23.4 Å². The molecule has 1 saturated heterocycles. The summed E-state index contributed by atoms with van der Waals surface area (Å²) in [5.41, 5.74) is -0.187. The summed E-state index contributed by atoms with van der Waals surface area (Å²) in [7, 11) is 0. The summed E-state index contributed by atoms with van der Waals surface area (Å²) in [5.74, 6) is -0.913. The van der Waals surface area contributed by atoms with Gasteiger partial charge in [0.2, 0.25) is 0 Å².